The molecule has 9 heteroatoms. The summed E-state index contributed by atoms with van der Waals surface area (Å²) in [4.78, 5) is 22.5. The van der Waals surface area contributed by atoms with E-state index < -0.39 is 27.9 Å². The number of urea groups is 1. The van der Waals surface area contributed by atoms with Gasteiger partial charge in [-0.15, -0.1) is 0 Å². The van der Waals surface area contributed by atoms with Crippen LogP contribution in [0.15, 0.2) is 0 Å². The van der Waals surface area contributed by atoms with Crippen LogP contribution in [-0.2, 0) is 14.8 Å². The molecule has 0 aliphatic heterocycles. The zero-order valence-corrected chi connectivity index (χ0v) is 12.9. The Hall–Kier alpha value is -1.35. The number of carboxylic acid groups (broad SMARTS) is 1. The van der Waals surface area contributed by atoms with E-state index in [1.807, 2.05) is 0 Å². The fourth-order valence-corrected chi connectivity index (χ4v) is 3.44. The van der Waals surface area contributed by atoms with Crippen LogP contribution in [0.25, 0.3) is 0 Å². The first kappa shape index (κ1) is 17.7. The van der Waals surface area contributed by atoms with Crippen molar-refractivity contribution in [2.24, 2.45) is 11.8 Å². The molecule has 1 aliphatic rings. The third kappa shape index (κ3) is 6.30. The SMILES string of the molecule is CCNS(=O)(=O)CCNC(=O)NCC1CCCC1C(=O)O. The summed E-state index contributed by atoms with van der Waals surface area (Å²) in [6.45, 7) is 2.29. The Labute approximate surface area is 124 Å². The van der Waals surface area contributed by atoms with E-state index in [0.29, 0.717) is 19.5 Å². The van der Waals surface area contributed by atoms with Gasteiger partial charge in [-0.1, -0.05) is 13.3 Å². The average Bonchev–Trinajstić information content (AvgIpc) is 2.84. The van der Waals surface area contributed by atoms with Gasteiger partial charge in [0.05, 0.1) is 11.7 Å². The number of carbonyl (C=O) groups is 2. The molecule has 0 heterocycles. The summed E-state index contributed by atoms with van der Waals surface area (Å²) >= 11 is 0. The normalized spacial score (nSPS) is 22.0. The summed E-state index contributed by atoms with van der Waals surface area (Å²) in [5.41, 5.74) is 0. The van der Waals surface area contributed by atoms with Crippen molar-refractivity contribution < 1.29 is 23.1 Å². The number of rotatable bonds is 8. The van der Waals surface area contributed by atoms with Gasteiger partial charge in [-0.2, -0.15) is 0 Å². The molecular formula is C12H23N3O5S. The third-order valence-corrected chi connectivity index (χ3v) is 4.99. The number of carboxylic acids is 1. The number of nitrogens with one attached hydrogen (secondary N) is 3. The zero-order chi connectivity index (χ0) is 15.9. The van der Waals surface area contributed by atoms with E-state index >= 15 is 0 Å². The summed E-state index contributed by atoms with van der Waals surface area (Å²) in [5.74, 6) is -1.47. The maximum Gasteiger partial charge on any atom is 0.314 e. The van der Waals surface area contributed by atoms with Crippen LogP contribution in [0.5, 0.6) is 0 Å². The molecule has 0 bridgehead atoms. The Morgan fingerprint density at radius 3 is 2.57 bits per heavy atom. The van der Waals surface area contributed by atoms with Crippen molar-refractivity contribution in [3.8, 4) is 0 Å². The van der Waals surface area contributed by atoms with E-state index in [4.69, 9.17) is 5.11 Å². The van der Waals surface area contributed by atoms with Crippen molar-refractivity contribution in [3.05, 3.63) is 0 Å². The van der Waals surface area contributed by atoms with E-state index in [0.717, 1.165) is 12.8 Å². The Bertz CT molecular complexity index is 466. The van der Waals surface area contributed by atoms with Crippen LogP contribution in [0.4, 0.5) is 4.79 Å². The molecule has 2 atom stereocenters. The molecule has 2 amide bonds. The maximum atomic E-state index is 11.5. The Morgan fingerprint density at radius 1 is 1.24 bits per heavy atom. The molecule has 4 N–H and O–H groups in total. The molecule has 2 unspecified atom stereocenters. The molecule has 0 aromatic rings. The lowest BCUT2D eigenvalue weighted by atomic mass is 9.96. The molecule has 1 saturated carbocycles. The van der Waals surface area contributed by atoms with Gasteiger partial charge in [-0.25, -0.2) is 17.9 Å². The van der Waals surface area contributed by atoms with Crippen molar-refractivity contribution >= 4 is 22.0 Å². The summed E-state index contributed by atoms with van der Waals surface area (Å²) in [6, 6.07) is -0.474. The molecule has 21 heavy (non-hydrogen) atoms. The average molecular weight is 321 g/mol. The summed E-state index contributed by atoms with van der Waals surface area (Å²) < 4.78 is 25.0. The van der Waals surface area contributed by atoms with Crippen LogP contribution < -0.4 is 15.4 Å². The standard InChI is InChI=1S/C12H23N3O5S/c1-2-15-21(19,20)7-6-13-12(18)14-8-9-4-3-5-10(9)11(16)17/h9-10,15H,2-8H2,1H3,(H,16,17)(H2,13,14,18). The van der Waals surface area contributed by atoms with Crippen molar-refractivity contribution in [2.75, 3.05) is 25.4 Å². The zero-order valence-electron chi connectivity index (χ0n) is 12.1. The molecule has 0 radical (unpaired) electrons. The minimum absolute atomic E-state index is 0.00813. The van der Waals surface area contributed by atoms with E-state index in [9.17, 15) is 18.0 Å². The van der Waals surface area contributed by atoms with Gasteiger partial charge in [0.2, 0.25) is 10.0 Å². The van der Waals surface area contributed by atoms with Gasteiger partial charge in [0.25, 0.3) is 0 Å². The van der Waals surface area contributed by atoms with Crippen molar-refractivity contribution in [3.63, 3.8) is 0 Å². The fourth-order valence-electron chi connectivity index (χ4n) is 2.48. The lowest BCUT2D eigenvalue weighted by Crippen LogP contribution is -2.42. The van der Waals surface area contributed by atoms with Gasteiger partial charge >= 0.3 is 12.0 Å². The fraction of sp³-hybridized carbons (Fsp3) is 0.833. The van der Waals surface area contributed by atoms with Gasteiger partial charge in [0, 0.05) is 19.6 Å². The number of aliphatic carboxylic acids is 1. The molecular weight excluding hydrogens is 298 g/mol. The van der Waals surface area contributed by atoms with Crippen LogP contribution in [-0.4, -0.2) is 50.9 Å². The Kier molecular flexibility index (Phi) is 6.90. The smallest absolute Gasteiger partial charge is 0.314 e. The highest BCUT2D eigenvalue weighted by Crippen LogP contribution is 2.31. The van der Waals surface area contributed by atoms with E-state index in [2.05, 4.69) is 15.4 Å². The van der Waals surface area contributed by atoms with Crippen molar-refractivity contribution in [1.29, 1.82) is 0 Å². The molecule has 0 saturated heterocycles. The Balaban J connectivity index is 2.24. The highest BCUT2D eigenvalue weighted by atomic mass is 32.2. The monoisotopic (exact) mass is 321 g/mol. The predicted molar refractivity (Wildman–Crippen MR) is 77.3 cm³/mol. The van der Waals surface area contributed by atoms with Crippen LogP contribution in [0, 0.1) is 11.8 Å². The number of amides is 2. The first-order chi connectivity index (χ1) is 9.85. The lowest BCUT2D eigenvalue weighted by molar-refractivity contribution is -0.142. The maximum absolute atomic E-state index is 11.5. The van der Waals surface area contributed by atoms with Gasteiger partial charge in [-0.05, 0) is 18.8 Å². The largest absolute Gasteiger partial charge is 0.481 e. The molecule has 1 rings (SSSR count). The molecule has 0 spiro atoms. The predicted octanol–water partition coefficient (Wildman–Crippen LogP) is -0.274. The second-order valence-electron chi connectivity index (χ2n) is 5.09. The van der Waals surface area contributed by atoms with Gasteiger partial charge in [0.15, 0.2) is 0 Å². The molecule has 122 valence electrons. The van der Waals surface area contributed by atoms with E-state index in [1.165, 1.54) is 0 Å². The summed E-state index contributed by atoms with van der Waals surface area (Å²) in [6.07, 6.45) is 2.28. The minimum Gasteiger partial charge on any atom is -0.481 e. The Morgan fingerprint density at radius 2 is 1.95 bits per heavy atom. The number of sulfonamides is 1. The van der Waals surface area contributed by atoms with Crippen LogP contribution in [0.2, 0.25) is 0 Å². The highest BCUT2D eigenvalue weighted by Gasteiger charge is 2.32. The van der Waals surface area contributed by atoms with Crippen LogP contribution >= 0.6 is 0 Å². The van der Waals surface area contributed by atoms with Gasteiger partial charge in [0.1, 0.15) is 0 Å². The number of carbonyl (C=O) groups excluding carboxylic acids is 1. The highest BCUT2D eigenvalue weighted by molar-refractivity contribution is 7.89. The van der Waals surface area contributed by atoms with E-state index in [1.54, 1.807) is 6.92 Å². The van der Waals surface area contributed by atoms with E-state index in [-0.39, 0.29) is 18.2 Å². The minimum atomic E-state index is -3.35. The van der Waals surface area contributed by atoms with Gasteiger partial charge < -0.3 is 15.7 Å². The second-order valence-corrected chi connectivity index (χ2v) is 7.02. The first-order valence-corrected chi connectivity index (χ1v) is 8.72. The molecule has 1 fully saturated rings. The van der Waals surface area contributed by atoms with Crippen molar-refractivity contribution in [2.45, 2.75) is 26.2 Å². The number of hydrogen-bond donors (Lipinski definition) is 4. The van der Waals surface area contributed by atoms with Crippen molar-refractivity contribution in [1.82, 2.24) is 15.4 Å². The molecule has 1 aliphatic carbocycles. The molecule has 0 aromatic carbocycles. The third-order valence-electron chi connectivity index (χ3n) is 3.52. The lowest BCUT2D eigenvalue weighted by Gasteiger charge is -2.16. The second kappa shape index (κ2) is 8.18. The van der Waals surface area contributed by atoms with Gasteiger partial charge in [-0.3, -0.25) is 4.79 Å². The summed E-state index contributed by atoms with van der Waals surface area (Å²) in [5, 5.41) is 14.1. The van der Waals surface area contributed by atoms with Crippen LogP contribution in [0.3, 0.4) is 0 Å². The molecule has 8 nitrogen and oxygen atoms in total. The topological polar surface area (TPSA) is 125 Å². The quantitative estimate of drug-likeness (QED) is 0.489. The summed E-state index contributed by atoms with van der Waals surface area (Å²) in [7, 11) is -3.35. The van der Waals surface area contributed by atoms with Crippen LogP contribution in [0.1, 0.15) is 26.2 Å². The molecule has 0 aromatic heterocycles. The first-order valence-electron chi connectivity index (χ1n) is 7.07. The number of hydrogen-bond acceptors (Lipinski definition) is 4.